The van der Waals surface area contributed by atoms with Crippen LogP contribution in [-0.4, -0.2) is 15.7 Å². The third-order valence-electron chi connectivity index (χ3n) is 1.76. The van der Waals surface area contributed by atoms with Gasteiger partial charge in [-0.2, -0.15) is 0 Å². The largest absolute Gasteiger partial charge is 0.296 e. The van der Waals surface area contributed by atoms with Gasteiger partial charge >= 0.3 is 0 Å². The van der Waals surface area contributed by atoms with Crippen LogP contribution in [0, 0.1) is 0 Å². The normalized spacial score (nSPS) is 11.5. The van der Waals surface area contributed by atoms with Crippen LogP contribution in [-0.2, 0) is 0 Å². The first-order valence-electron chi connectivity index (χ1n) is 3.89. The lowest BCUT2D eigenvalue weighted by atomic mass is 10.3. The molecule has 0 spiro atoms. The van der Waals surface area contributed by atoms with Crippen molar-refractivity contribution in [3.63, 3.8) is 0 Å². The number of imidazole rings is 1. The highest BCUT2D eigenvalue weighted by Crippen LogP contribution is 2.23. The highest BCUT2D eigenvalue weighted by Gasteiger charge is 2.08. The first-order valence-corrected chi connectivity index (χ1v) is 4.71. The lowest BCUT2D eigenvalue weighted by Crippen LogP contribution is -1.88. The number of carbonyl (C=O) groups is 1. The van der Waals surface area contributed by atoms with E-state index in [1.165, 1.54) is 0 Å². The van der Waals surface area contributed by atoms with Crippen molar-refractivity contribution in [1.82, 2.24) is 9.38 Å². The van der Waals surface area contributed by atoms with Crippen molar-refractivity contribution in [2.24, 2.45) is 0 Å². The predicted molar refractivity (Wildman–Crippen MR) is 53.2 cm³/mol. The molecule has 0 bridgehead atoms. The Labute approximate surface area is 79.3 Å². The Hall–Kier alpha value is -1.42. The molecule has 2 aromatic rings. The number of rotatable bonds is 2. The Morgan fingerprint density at radius 3 is 3.15 bits per heavy atom. The van der Waals surface area contributed by atoms with Gasteiger partial charge < -0.3 is 0 Å². The predicted octanol–water partition coefficient (Wildman–Crippen LogP) is 2.24. The van der Waals surface area contributed by atoms with Crippen molar-refractivity contribution in [3.05, 3.63) is 29.2 Å². The number of allylic oxidation sites excluding steroid dienone is 1. The van der Waals surface area contributed by atoms with Gasteiger partial charge in [0.05, 0.1) is 11.1 Å². The molecule has 0 aliphatic rings. The third-order valence-corrected chi connectivity index (χ3v) is 2.84. The monoisotopic (exact) mass is 192 g/mol. The Balaban J connectivity index is 2.74. The van der Waals surface area contributed by atoms with Crippen LogP contribution in [0.3, 0.4) is 0 Å². The molecule has 0 fully saturated rings. The van der Waals surface area contributed by atoms with Crippen molar-refractivity contribution in [2.75, 3.05) is 0 Å². The minimum Gasteiger partial charge on any atom is -0.296 e. The smallest absolute Gasteiger partial charge is 0.168 e. The summed E-state index contributed by atoms with van der Waals surface area (Å²) in [7, 11) is 0. The van der Waals surface area contributed by atoms with E-state index in [2.05, 4.69) is 4.98 Å². The summed E-state index contributed by atoms with van der Waals surface area (Å²) in [6.45, 7) is 1.93. The van der Waals surface area contributed by atoms with Crippen LogP contribution in [0.15, 0.2) is 18.6 Å². The van der Waals surface area contributed by atoms with Gasteiger partial charge in [0.25, 0.3) is 0 Å². The fourth-order valence-corrected chi connectivity index (χ4v) is 2.25. The highest BCUT2D eigenvalue weighted by molar-refractivity contribution is 7.18. The molecule has 2 rings (SSSR count). The van der Waals surface area contributed by atoms with Gasteiger partial charge in [-0.1, -0.05) is 6.08 Å². The summed E-state index contributed by atoms with van der Waals surface area (Å²) < 4.78 is 1.80. The Morgan fingerprint density at radius 1 is 1.62 bits per heavy atom. The van der Waals surface area contributed by atoms with Crippen molar-refractivity contribution in [1.29, 1.82) is 0 Å². The fraction of sp³-hybridized carbons (Fsp3) is 0.111. The van der Waals surface area contributed by atoms with E-state index in [4.69, 9.17) is 0 Å². The highest BCUT2D eigenvalue weighted by atomic mass is 32.1. The lowest BCUT2D eigenvalue weighted by Gasteiger charge is -1.88. The van der Waals surface area contributed by atoms with Crippen LogP contribution >= 0.6 is 11.3 Å². The second kappa shape index (κ2) is 3.14. The Kier molecular flexibility index (Phi) is 1.98. The number of nitrogens with zero attached hydrogens (tertiary/aromatic N) is 2. The van der Waals surface area contributed by atoms with E-state index in [9.17, 15) is 4.79 Å². The van der Waals surface area contributed by atoms with E-state index in [1.54, 1.807) is 28.3 Å². The van der Waals surface area contributed by atoms with Gasteiger partial charge in [-0.25, -0.2) is 4.98 Å². The summed E-state index contributed by atoms with van der Waals surface area (Å²) in [4.78, 5) is 16.7. The zero-order valence-electron chi connectivity index (χ0n) is 7.10. The molecule has 2 heterocycles. The molecular weight excluding hydrogens is 184 g/mol. The van der Waals surface area contributed by atoms with Crippen LogP contribution in [0.1, 0.15) is 22.3 Å². The van der Waals surface area contributed by atoms with E-state index in [0.717, 1.165) is 16.0 Å². The molecule has 0 aliphatic heterocycles. The van der Waals surface area contributed by atoms with Gasteiger partial charge in [0.15, 0.2) is 6.29 Å². The van der Waals surface area contributed by atoms with Crippen LogP contribution in [0.4, 0.5) is 0 Å². The molecule has 0 saturated heterocycles. The number of aldehydes is 1. The summed E-state index contributed by atoms with van der Waals surface area (Å²) in [6.07, 6.45) is 8.13. The van der Waals surface area contributed by atoms with Crippen molar-refractivity contribution in [2.45, 2.75) is 6.92 Å². The van der Waals surface area contributed by atoms with E-state index < -0.39 is 0 Å². The van der Waals surface area contributed by atoms with Crippen LogP contribution in [0.5, 0.6) is 0 Å². The molecule has 0 aliphatic carbocycles. The van der Waals surface area contributed by atoms with E-state index in [-0.39, 0.29) is 0 Å². The summed E-state index contributed by atoms with van der Waals surface area (Å²) in [5.74, 6) is 0. The van der Waals surface area contributed by atoms with Gasteiger partial charge in [-0.15, -0.1) is 11.3 Å². The number of hydrogen-bond acceptors (Lipinski definition) is 3. The maximum absolute atomic E-state index is 10.8. The summed E-state index contributed by atoms with van der Waals surface area (Å²) >= 11 is 1.56. The summed E-state index contributed by atoms with van der Waals surface area (Å²) in [5.41, 5.74) is 0.676. The molecule has 13 heavy (non-hydrogen) atoms. The second-order valence-corrected chi connectivity index (χ2v) is 3.63. The zero-order chi connectivity index (χ0) is 9.26. The SMILES string of the molecule is CC=Cc1sc2cncn2c1C=O. The molecular formula is C9H8N2OS. The van der Waals surface area contributed by atoms with Gasteiger partial charge in [-0.3, -0.25) is 9.20 Å². The molecule has 0 amide bonds. The first-order chi connectivity index (χ1) is 6.36. The number of fused-ring (bicyclic) bond motifs is 1. The average Bonchev–Trinajstić information content (AvgIpc) is 2.64. The van der Waals surface area contributed by atoms with Gasteiger partial charge in [0.2, 0.25) is 0 Å². The van der Waals surface area contributed by atoms with Crippen molar-refractivity contribution < 1.29 is 4.79 Å². The molecule has 0 N–H and O–H groups in total. The zero-order valence-corrected chi connectivity index (χ0v) is 7.91. The van der Waals surface area contributed by atoms with E-state index in [1.807, 2.05) is 19.1 Å². The van der Waals surface area contributed by atoms with Crippen LogP contribution < -0.4 is 0 Å². The topological polar surface area (TPSA) is 34.4 Å². The summed E-state index contributed by atoms with van der Waals surface area (Å²) in [5, 5.41) is 0. The van der Waals surface area contributed by atoms with E-state index >= 15 is 0 Å². The molecule has 0 atom stereocenters. The fourth-order valence-electron chi connectivity index (χ4n) is 1.21. The number of hydrogen-bond donors (Lipinski definition) is 0. The van der Waals surface area contributed by atoms with Gasteiger partial charge in [0.1, 0.15) is 16.9 Å². The minimum absolute atomic E-state index is 0.676. The lowest BCUT2D eigenvalue weighted by molar-refractivity contribution is 0.111. The molecule has 2 aromatic heterocycles. The maximum Gasteiger partial charge on any atom is 0.168 e. The quantitative estimate of drug-likeness (QED) is 0.684. The molecule has 66 valence electrons. The van der Waals surface area contributed by atoms with Crippen LogP contribution in [0.2, 0.25) is 0 Å². The maximum atomic E-state index is 10.8. The van der Waals surface area contributed by atoms with E-state index in [0.29, 0.717) is 5.69 Å². The van der Waals surface area contributed by atoms with Gasteiger partial charge in [0, 0.05) is 0 Å². The molecule has 0 saturated carbocycles. The molecule has 0 unspecified atom stereocenters. The first kappa shape index (κ1) is 8.19. The third kappa shape index (κ3) is 1.19. The van der Waals surface area contributed by atoms with Crippen LogP contribution in [0.25, 0.3) is 10.9 Å². The second-order valence-electron chi connectivity index (χ2n) is 2.57. The molecule has 0 radical (unpaired) electrons. The minimum atomic E-state index is 0.676. The Bertz CT molecular complexity index is 467. The van der Waals surface area contributed by atoms with Crippen molar-refractivity contribution in [3.8, 4) is 0 Å². The molecule has 0 aromatic carbocycles. The molecule has 4 heteroatoms. The Morgan fingerprint density at radius 2 is 2.46 bits per heavy atom. The summed E-state index contributed by atoms with van der Waals surface area (Å²) in [6, 6.07) is 0. The average molecular weight is 192 g/mol. The van der Waals surface area contributed by atoms with Crippen molar-refractivity contribution >= 4 is 28.5 Å². The molecule has 3 nitrogen and oxygen atoms in total. The van der Waals surface area contributed by atoms with Gasteiger partial charge in [-0.05, 0) is 13.0 Å². The number of thiazole rings is 1. The number of aromatic nitrogens is 2. The standard InChI is InChI=1S/C9H8N2OS/c1-2-3-8-7(5-12)11-6-10-4-9(11)13-8/h2-6H,1H3. The number of carbonyl (C=O) groups excluding carboxylic acids is 1.